The van der Waals surface area contributed by atoms with E-state index < -0.39 is 0 Å². The number of hydrogen-bond donors (Lipinski definition) is 0. The largest absolute Gasteiger partial charge is 0.345 e. The minimum absolute atomic E-state index is 0.173. The van der Waals surface area contributed by atoms with E-state index in [1.165, 1.54) is 4.90 Å². The molecule has 0 saturated carbocycles. The highest BCUT2D eigenvalue weighted by Crippen LogP contribution is 2.20. The Morgan fingerprint density at radius 2 is 1.82 bits per heavy atom. The molecule has 5 rings (SSSR count). The van der Waals surface area contributed by atoms with Crippen LogP contribution in [0.5, 0.6) is 0 Å². The molecule has 2 aromatic rings. The number of rotatable bonds is 3. The third-order valence-corrected chi connectivity index (χ3v) is 5.67. The van der Waals surface area contributed by atoms with Gasteiger partial charge >= 0.3 is 0 Å². The predicted octanol–water partition coefficient (Wildman–Crippen LogP) is 2.04. The van der Waals surface area contributed by atoms with Crippen LogP contribution in [0.4, 0.5) is 0 Å². The number of fused-ring (bicyclic) bond motifs is 4. The van der Waals surface area contributed by atoms with Gasteiger partial charge in [0.25, 0.3) is 5.91 Å². The Morgan fingerprint density at radius 1 is 1.14 bits per heavy atom. The van der Waals surface area contributed by atoms with E-state index in [1.54, 1.807) is 20.3 Å². The summed E-state index contributed by atoms with van der Waals surface area (Å²) < 4.78 is 2.11. The van der Waals surface area contributed by atoms with Crippen molar-refractivity contribution in [2.75, 3.05) is 46.8 Å². The standard InChI is InChI=1S/C20H26N4O2.C2H6/c1-14-4-5-18-16(10-14)19(25)17(20(26)21(2)3)13-24(18)12-15-11-22-6-8-23(15)9-7-22;1-2/h4-5,10,13,15H,6-9,11-12H2,1-3H3;1-2H3. The molecule has 1 atom stereocenters. The van der Waals surface area contributed by atoms with Gasteiger partial charge in [0, 0.05) is 71.0 Å². The van der Waals surface area contributed by atoms with Crippen molar-refractivity contribution < 1.29 is 4.79 Å². The van der Waals surface area contributed by atoms with Gasteiger partial charge in [-0.05, 0) is 19.1 Å². The molecule has 3 saturated heterocycles. The zero-order chi connectivity index (χ0) is 20.4. The molecule has 0 spiro atoms. The average molecular weight is 385 g/mol. The minimum atomic E-state index is -0.235. The molecular weight excluding hydrogens is 352 g/mol. The van der Waals surface area contributed by atoms with Gasteiger partial charge in [-0.2, -0.15) is 0 Å². The summed E-state index contributed by atoms with van der Waals surface area (Å²) in [7, 11) is 3.37. The maximum atomic E-state index is 12.9. The fraction of sp³-hybridized carbons (Fsp3) is 0.545. The summed E-state index contributed by atoms with van der Waals surface area (Å²) in [5, 5.41) is 0.633. The van der Waals surface area contributed by atoms with Crippen LogP contribution in [0.1, 0.15) is 29.8 Å². The molecule has 2 bridgehead atoms. The first-order valence-electron chi connectivity index (χ1n) is 10.3. The third-order valence-electron chi connectivity index (χ3n) is 5.67. The summed E-state index contributed by atoms with van der Waals surface area (Å²) in [6.45, 7) is 12.3. The normalized spacial score (nSPS) is 23.2. The van der Waals surface area contributed by atoms with Crippen molar-refractivity contribution in [2.24, 2.45) is 0 Å². The Morgan fingerprint density at radius 3 is 2.39 bits per heavy atom. The van der Waals surface area contributed by atoms with Crippen LogP contribution < -0.4 is 5.43 Å². The van der Waals surface area contributed by atoms with Crippen LogP contribution in [0.3, 0.4) is 0 Å². The van der Waals surface area contributed by atoms with Crippen molar-refractivity contribution >= 4 is 16.8 Å². The van der Waals surface area contributed by atoms with E-state index in [-0.39, 0.29) is 16.9 Å². The Balaban J connectivity index is 0.00000109. The number of hydrogen-bond acceptors (Lipinski definition) is 4. The highest BCUT2D eigenvalue weighted by molar-refractivity contribution is 5.97. The van der Waals surface area contributed by atoms with Gasteiger partial charge in [-0.25, -0.2) is 0 Å². The molecule has 152 valence electrons. The molecule has 1 aromatic carbocycles. The molecule has 0 N–H and O–H groups in total. The molecule has 3 aliphatic rings. The molecule has 0 radical (unpaired) electrons. The summed E-state index contributed by atoms with van der Waals surface area (Å²) in [6, 6.07) is 6.36. The van der Waals surface area contributed by atoms with Gasteiger partial charge < -0.3 is 9.47 Å². The fourth-order valence-corrected chi connectivity index (χ4v) is 4.18. The van der Waals surface area contributed by atoms with E-state index in [0.29, 0.717) is 11.4 Å². The zero-order valence-corrected chi connectivity index (χ0v) is 17.7. The maximum Gasteiger partial charge on any atom is 0.258 e. The molecule has 3 fully saturated rings. The van der Waals surface area contributed by atoms with Crippen molar-refractivity contribution in [1.82, 2.24) is 19.3 Å². The molecule has 1 aromatic heterocycles. The number of aromatic nitrogens is 1. The van der Waals surface area contributed by atoms with Crippen molar-refractivity contribution in [1.29, 1.82) is 0 Å². The Labute approximate surface area is 167 Å². The lowest BCUT2D eigenvalue weighted by molar-refractivity contribution is 0.00666. The van der Waals surface area contributed by atoms with Crippen LogP contribution in [0.25, 0.3) is 10.9 Å². The molecule has 0 aliphatic carbocycles. The second-order valence-electron chi connectivity index (χ2n) is 7.73. The SMILES string of the molecule is CC.Cc1ccc2c(c1)c(=O)c(C(=O)N(C)C)cn2CC1CN2CCN1CC2. The van der Waals surface area contributed by atoms with Gasteiger partial charge in [0.05, 0.1) is 5.52 Å². The first-order chi connectivity index (χ1) is 13.4. The lowest BCUT2D eigenvalue weighted by Gasteiger charge is -2.47. The molecule has 1 amide bonds. The van der Waals surface area contributed by atoms with Crippen molar-refractivity contribution in [2.45, 2.75) is 33.4 Å². The van der Waals surface area contributed by atoms with E-state index >= 15 is 0 Å². The van der Waals surface area contributed by atoms with Crippen LogP contribution in [-0.2, 0) is 6.54 Å². The molecular formula is C22H32N4O2. The Kier molecular flexibility index (Phi) is 6.20. The van der Waals surface area contributed by atoms with Gasteiger partial charge in [-0.1, -0.05) is 25.5 Å². The lowest BCUT2D eigenvalue weighted by atomic mass is 10.1. The average Bonchev–Trinajstić information content (AvgIpc) is 2.72. The lowest BCUT2D eigenvalue weighted by Crippen LogP contribution is -2.61. The van der Waals surface area contributed by atoms with Gasteiger partial charge in [-0.3, -0.25) is 19.4 Å². The van der Waals surface area contributed by atoms with Gasteiger partial charge in [-0.15, -0.1) is 0 Å². The first-order valence-corrected chi connectivity index (χ1v) is 10.3. The quantitative estimate of drug-likeness (QED) is 0.813. The number of amides is 1. The number of benzene rings is 1. The van der Waals surface area contributed by atoms with Crippen LogP contribution in [-0.4, -0.2) is 78.0 Å². The fourth-order valence-electron chi connectivity index (χ4n) is 4.18. The molecule has 6 nitrogen and oxygen atoms in total. The molecule has 6 heteroatoms. The van der Waals surface area contributed by atoms with Gasteiger partial charge in [0.15, 0.2) is 0 Å². The summed E-state index contributed by atoms with van der Waals surface area (Å²) in [6.07, 6.45) is 1.76. The highest BCUT2D eigenvalue weighted by Gasteiger charge is 2.32. The summed E-state index contributed by atoms with van der Waals surface area (Å²) in [5.74, 6) is -0.235. The van der Waals surface area contributed by atoms with E-state index in [9.17, 15) is 9.59 Å². The maximum absolute atomic E-state index is 12.9. The summed E-state index contributed by atoms with van der Waals surface area (Å²) >= 11 is 0. The van der Waals surface area contributed by atoms with E-state index in [2.05, 4.69) is 14.4 Å². The third kappa shape index (κ3) is 3.84. The van der Waals surface area contributed by atoms with Crippen LogP contribution in [0.2, 0.25) is 0 Å². The van der Waals surface area contributed by atoms with Gasteiger partial charge in [0.2, 0.25) is 5.43 Å². The molecule has 1 unspecified atom stereocenters. The second kappa shape index (κ2) is 8.45. The van der Waals surface area contributed by atoms with Crippen molar-refractivity contribution in [3.63, 3.8) is 0 Å². The molecule has 28 heavy (non-hydrogen) atoms. The van der Waals surface area contributed by atoms with Gasteiger partial charge in [0.1, 0.15) is 5.56 Å². The van der Waals surface area contributed by atoms with Crippen molar-refractivity contribution in [3.05, 3.63) is 45.7 Å². The van der Waals surface area contributed by atoms with E-state index in [4.69, 9.17) is 0 Å². The minimum Gasteiger partial charge on any atom is -0.345 e. The summed E-state index contributed by atoms with van der Waals surface area (Å²) in [4.78, 5) is 32.0. The zero-order valence-electron chi connectivity index (χ0n) is 17.7. The van der Waals surface area contributed by atoms with E-state index in [0.717, 1.165) is 50.3 Å². The van der Waals surface area contributed by atoms with Crippen molar-refractivity contribution in [3.8, 4) is 0 Å². The van der Waals surface area contributed by atoms with Crippen LogP contribution in [0, 0.1) is 6.92 Å². The number of pyridine rings is 1. The summed E-state index contributed by atoms with van der Waals surface area (Å²) in [5.41, 5.74) is 2.02. The van der Waals surface area contributed by atoms with Crippen LogP contribution >= 0.6 is 0 Å². The number of carbonyl (C=O) groups excluding carboxylic acids is 1. The number of nitrogens with zero attached hydrogens (tertiary/aromatic N) is 4. The second-order valence-corrected chi connectivity index (χ2v) is 7.73. The topological polar surface area (TPSA) is 48.8 Å². The monoisotopic (exact) mass is 384 g/mol. The number of aryl methyl sites for hydroxylation is 1. The highest BCUT2D eigenvalue weighted by atomic mass is 16.2. The number of piperazine rings is 3. The number of carbonyl (C=O) groups is 1. The molecule has 4 heterocycles. The smallest absolute Gasteiger partial charge is 0.258 e. The van der Waals surface area contributed by atoms with E-state index in [1.807, 2.05) is 39.0 Å². The predicted molar refractivity (Wildman–Crippen MR) is 114 cm³/mol. The Hall–Kier alpha value is -2.18. The molecule has 3 aliphatic heterocycles. The Bertz CT molecular complexity index is 911. The van der Waals surface area contributed by atoms with Crippen LogP contribution in [0.15, 0.2) is 29.2 Å². The first kappa shape index (κ1) is 20.6.